The van der Waals surface area contributed by atoms with Crippen molar-refractivity contribution in [2.24, 2.45) is 7.05 Å². The van der Waals surface area contributed by atoms with Crippen molar-refractivity contribution in [3.05, 3.63) is 65.9 Å². The van der Waals surface area contributed by atoms with Gasteiger partial charge in [-0.2, -0.15) is 5.10 Å². The van der Waals surface area contributed by atoms with Crippen molar-refractivity contribution in [3.63, 3.8) is 0 Å². The average molecular weight is 557 g/mol. The van der Waals surface area contributed by atoms with Gasteiger partial charge in [-0.3, -0.25) is 14.4 Å². The Morgan fingerprint density at radius 2 is 2.02 bits per heavy atom. The highest BCUT2D eigenvalue weighted by Gasteiger charge is 2.30. The van der Waals surface area contributed by atoms with E-state index in [2.05, 4.69) is 54.1 Å². The van der Waals surface area contributed by atoms with E-state index in [1.807, 2.05) is 40.1 Å². The summed E-state index contributed by atoms with van der Waals surface area (Å²) in [4.78, 5) is 24.9. The Morgan fingerprint density at radius 3 is 2.76 bits per heavy atom. The minimum atomic E-state index is -0.255. The zero-order valence-electron chi connectivity index (χ0n) is 23.9. The fourth-order valence-corrected chi connectivity index (χ4v) is 5.38. The molecule has 2 aliphatic heterocycles. The average Bonchev–Trinajstić information content (AvgIpc) is 3.71. The molecule has 41 heavy (non-hydrogen) atoms. The molecule has 12 heteroatoms. The summed E-state index contributed by atoms with van der Waals surface area (Å²) in [5.74, 6) is 0.281. The highest BCUT2D eigenvalue weighted by Crippen LogP contribution is 2.32. The quantitative estimate of drug-likeness (QED) is 0.367. The third-order valence-electron chi connectivity index (χ3n) is 7.65. The van der Waals surface area contributed by atoms with Crippen molar-refractivity contribution in [3.8, 4) is 11.3 Å². The second kappa shape index (κ2) is 11.0. The molecule has 5 heterocycles. The molecule has 1 saturated heterocycles. The van der Waals surface area contributed by atoms with Crippen LogP contribution < -0.4 is 10.6 Å². The van der Waals surface area contributed by atoms with E-state index < -0.39 is 0 Å². The number of aromatic nitrogens is 7. The number of rotatable bonds is 6. The highest BCUT2D eigenvalue weighted by atomic mass is 16.5. The van der Waals surface area contributed by atoms with Crippen LogP contribution in [0, 0.1) is 0 Å². The maximum Gasteiger partial charge on any atom is 0.273 e. The van der Waals surface area contributed by atoms with Crippen molar-refractivity contribution in [2.75, 3.05) is 25.1 Å². The summed E-state index contributed by atoms with van der Waals surface area (Å²) < 4.78 is 9.16. The summed E-state index contributed by atoms with van der Waals surface area (Å²) in [5.41, 5.74) is 4.96. The predicted molar refractivity (Wildman–Crippen MR) is 153 cm³/mol. The first-order chi connectivity index (χ1) is 19.7. The maximum absolute atomic E-state index is 13.3. The predicted octanol–water partition coefficient (Wildman–Crippen LogP) is 3.43. The van der Waals surface area contributed by atoms with Crippen molar-refractivity contribution < 1.29 is 9.53 Å². The molecule has 0 radical (unpaired) electrons. The van der Waals surface area contributed by atoms with Gasteiger partial charge in [-0.05, 0) is 56.9 Å². The van der Waals surface area contributed by atoms with Crippen molar-refractivity contribution in [1.29, 1.82) is 0 Å². The van der Waals surface area contributed by atoms with Crippen LogP contribution in [0.25, 0.3) is 11.3 Å². The number of fused-ring (bicyclic) bond motifs is 1. The number of amides is 1. The second-order valence-corrected chi connectivity index (χ2v) is 11.7. The summed E-state index contributed by atoms with van der Waals surface area (Å²) in [5, 5.41) is 19.0. The fraction of sp³-hybridized carbons (Fsp3) is 0.448. The van der Waals surface area contributed by atoms with Gasteiger partial charge in [-0.1, -0.05) is 17.3 Å². The number of hydrogen-bond donors (Lipinski definition) is 2. The molecule has 0 spiro atoms. The third-order valence-corrected chi connectivity index (χ3v) is 7.65. The van der Waals surface area contributed by atoms with Crippen LogP contribution in [0.15, 0.2) is 49.1 Å². The van der Waals surface area contributed by atoms with Crippen LogP contribution in [0.3, 0.4) is 0 Å². The summed E-state index contributed by atoms with van der Waals surface area (Å²) in [7, 11) is 1.87. The Labute approximate surface area is 239 Å². The van der Waals surface area contributed by atoms with Crippen LogP contribution in [-0.4, -0.2) is 71.3 Å². The topological polar surface area (TPSA) is 128 Å². The van der Waals surface area contributed by atoms with Crippen LogP contribution in [0.2, 0.25) is 0 Å². The van der Waals surface area contributed by atoms with Crippen LogP contribution in [0.5, 0.6) is 0 Å². The Bertz CT molecular complexity index is 1530. The molecule has 2 atom stereocenters. The standard InChI is InChI=1S/C29H36N10O2/c1-29(2,3)39-17-26(35-36-39)27(40)33-25-8-11-38(22-9-12-41-18-22)15-20-13-19(5-6-23(20)25)24-7-10-30-28(34-24)32-21-14-31-37(4)16-21/h5-7,10,13-14,16-17,22,25H,8-9,11-12,15,18H2,1-4H3,(H,33,40)(H,30,32,34)/t22-,25+/m0/s1. The van der Waals surface area contributed by atoms with Crippen molar-refractivity contribution in [1.82, 2.24) is 45.0 Å². The molecule has 3 aromatic heterocycles. The first kappa shape index (κ1) is 27.0. The lowest BCUT2D eigenvalue weighted by molar-refractivity contribution is 0.0924. The molecule has 2 aliphatic rings. The van der Waals surface area contributed by atoms with E-state index in [1.54, 1.807) is 28.0 Å². The number of benzene rings is 1. The lowest BCUT2D eigenvalue weighted by atomic mass is 9.96. The molecule has 4 aromatic rings. The van der Waals surface area contributed by atoms with Crippen molar-refractivity contribution in [2.45, 2.75) is 57.8 Å². The van der Waals surface area contributed by atoms with E-state index in [-0.39, 0.29) is 17.5 Å². The zero-order valence-corrected chi connectivity index (χ0v) is 23.9. The smallest absolute Gasteiger partial charge is 0.273 e. The minimum absolute atomic E-state index is 0.160. The van der Waals surface area contributed by atoms with Gasteiger partial charge in [0, 0.05) is 50.7 Å². The largest absolute Gasteiger partial charge is 0.380 e. The van der Waals surface area contributed by atoms with Crippen LogP contribution in [-0.2, 0) is 23.9 Å². The summed E-state index contributed by atoms with van der Waals surface area (Å²) in [6, 6.07) is 8.49. The number of ether oxygens (including phenoxy) is 1. The number of aryl methyl sites for hydroxylation is 1. The SMILES string of the molecule is Cn1cc(Nc2nccc(-c3ccc4c(c3)CN([C@H]3CCOC3)CC[C@H]4NC(=O)c3cn(C(C)(C)C)nn3)n2)cn1. The van der Waals surface area contributed by atoms with E-state index in [1.165, 1.54) is 0 Å². The Balaban J connectivity index is 1.28. The van der Waals surface area contributed by atoms with Gasteiger partial charge in [0.1, 0.15) is 0 Å². The molecule has 6 rings (SSSR count). The van der Waals surface area contributed by atoms with Gasteiger partial charge in [0.2, 0.25) is 5.95 Å². The molecule has 12 nitrogen and oxygen atoms in total. The first-order valence-electron chi connectivity index (χ1n) is 14.0. The normalized spacial score (nSPS) is 19.5. The highest BCUT2D eigenvalue weighted by molar-refractivity contribution is 5.92. The van der Waals surface area contributed by atoms with E-state index in [0.717, 1.165) is 67.2 Å². The number of anilines is 2. The summed E-state index contributed by atoms with van der Waals surface area (Å²) in [6.45, 7) is 9.22. The molecule has 0 unspecified atom stereocenters. The monoisotopic (exact) mass is 556 g/mol. The minimum Gasteiger partial charge on any atom is -0.380 e. The second-order valence-electron chi connectivity index (χ2n) is 11.7. The lowest BCUT2D eigenvalue weighted by Crippen LogP contribution is -2.36. The van der Waals surface area contributed by atoms with Crippen LogP contribution >= 0.6 is 0 Å². The third kappa shape index (κ3) is 5.98. The van der Waals surface area contributed by atoms with Crippen LogP contribution in [0.1, 0.15) is 61.3 Å². The van der Waals surface area contributed by atoms with Gasteiger partial charge in [0.15, 0.2) is 5.69 Å². The lowest BCUT2D eigenvalue weighted by Gasteiger charge is -2.26. The molecule has 1 fully saturated rings. The number of carbonyl (C=O) groups is 1. The van der Waals surface area contributed by atoms with Gasteiger partial charge in [-0.25, -0.2) is 14.6 Å². The van der Waals surface area contributed by atoms with Gasteiger partial charge >= 0.3 is 0 Å². The van der Waals surface area contributed by atoms with Gasteiger partial charge in [-0.15, -0.1) is 5.10 Å². The molecule has 214 valence electrons. The Hall–Kier alpha value is -4.16. The molecule has 0 bridgehead atoms. The summed E-state index contributed by atoms with van der Waals surface area (Å²) >= 11 is 0. The first-order valence-corrected chi connectivity index (χ1v) is 14.0. The van der Waals surface area contributed by atoms with Crippen LogP contribution in [0.4, 0.5) is 11.6 Å². The number of nitrogens with zero attached hydrogens (tertiary/aromatic N) is 8. The molecule has 2 N–H and O–H groups in total. The molecule has 1 aromatic carbocycles. The van der Waals surface area contributed by atoms with E-state index >= 15 is 0 Å². The van der Waals surface area contributed by atoms with E-state index in [4.69, 9.17) is 9.72 Å². The Kier molecular flexibility index (Phi) is 7.26. The molecule has 0 saturated carbocycles. The van der Waals surface area contributed by atoms with Gasteiger partial charge < -0.3 is 15.4 Å². The number of carbonyl (C=O) groups excluding carboxylic acids is 1. The maximum atomic E-state index is 13.3. The van der Waals surface area contributed by atoms with E-state index in [9.17, 15) is 4.79 Å². The van der Waals surface area contributed by atoms with E-state index in [0.29, 0.717) is 17.7 Å². The number of nitrogens with one attached hydrogen (secondary N) is 2. The fourth-order valence-electron chi connectivity index (χ4n) is 5.38. The molecule has 0 aliphatic carbocycles. The molecular weight excluding hydrogens is 520 g/mol. The number of hydrogen-bond acceptors (Lipinski definition) is 9. The van der Waals surface area contributed by atoms with Gasteiger partial charge in [0.25, 0.3) is 5.91 Å². The van der Waals surface area contributed by atoms with Crippen molar-refractivity contribution >= 4 is 17.5 Å². The summed E-state index contributed by atoms with van der Waals surface area (Å²) in [6.07, 6.45) is 8.87. The Morgan fingerprint density at radius 1 is 1.15 bits per heavy atom. The molecule has 1 amide bonds. The van der Waals surface area contributed by atoms with Gasteiger partial charge in [0.05, 0.1) is 42.0 Å². The molecular formula is C29H36N10O2. The zero-order chi connectivity index (χ0) is 28.6.